The second kappa shape index (κ2) is 6.73. The van der Waals surface area contributed by atoms with E-state index in [2.05, 4.69) is 12.2 Å². The quantitative estimate of drug-likeness (QED) is 0.725. The van der Waals surface area contributed by atoms with E-state index < -0.39 is 5.91 Å². The van der Waals surface area contributed by atoms with Gasteiger partial charge in [-0.2, -0.15) is 0 Å². The number of amides is 2. The minimum atomic E-state index is -0.439. The second-order valence-electron chi connectivity index (χ2n) is 5.07. The van der Waals surface area contributed by atoms with E-state index in [-0.39, 0.29) is 17.9 Å². The first-order valence-electron chi connectivity index (χ1n) is 6.84. The van der Waals surface area contributed by atoms with E-state index >= 15 is 0 Å². The molecule has 0 saturated carbocycles. The van der Waals surface area contributed by atoms with Crippen molar-refractivity contribution in [3.05, 3.63) is 0 Å². The molecule has 1 aliphatic rings. The third kappa shape index (κ3) is 3.45. The number of rotatable bonds is 6. The summed E-state index contributed by atoms with van der Waals surface area (Å²) in [4.78, 5) is 25.3. The molecule has 0 aliphatic carbocycles. The Morgan fingerprint density at radius 1 is 1.28 bits per heavy atom. The summed E-state index contributed by atoms with van der Waals surface area (Å²) in [6.07, 6.45) is 3.59. The number of nitrogens with two attached hydrogens (primary N) is 1. The molecule has 0 aromatic rings. The average molecular weight is 255 g/mol. The fourth-order valence-corrected chi connectivity index (χ4v) is 2.81. The number of hydrogen-bond acceptors (Lipinski definition) is 3. The van der Waals surface area contributed by atoms with E-state index in [9.17, 15) is 9.59 Å². The molecule has 3 N–H and O–H groups in total. The van der Waals surface area contributed by atoms with E-state index in [0.717, 1.165) is 38.8 Å². The van der Waals surface area contributed by atoms with Crippen molar-refractivity contribution >= 4 is 11.8 Å². The van der Waals surface area contributed by atoms with Crippen molar-refractivity contribution in [3.8, 4) is 0 Å². The Hall–Kier alpha value is -1.10. The summed E-state index contributed by atoms with van der Waals surface area (Å²) in [5.74, 6) is -0.335. The van der Waals surface area contributed by atoms with Gasteiger partial charge in [0.1, 0.15) is 0 Å². The van der Waals surface area contributed by atoms with Crippen molar-refractivity contribution in [1.29, 1.82) is 0 Å². The molecule has 104 valence electrons. The van der Waals surface area contributed by atoms with Crippen molar-refractivity contribution in [2.45, 2.75) is 39.5 Å². The van der Waals surface area contributed by atoms with Crippen molar-refractivity contribution in [2.75, 3.05) is 26.2 Å². The molecule has 0 radical (unpaired) electrons. The summed E-state index contributed by atoms with van der Waals surface area (Å²) >= 11 is 0. The van der Waals surface area contributed by atoms with Crippen LogP contribution >= 0.6 is 0 Å². The van der Waals surface area contributed by atoms with Gasteiger partial charge in [-0.3, -0.25) is 9.59 Å². The van der Waals surface area contributed by atoms with Crippen LogP contribution in [0.1, 0.15) is 39.5 Å². The van der Waals surface area contributed by atoms with Crippen molar-refractivity contribution < 1.29 is 9.59 Å². The molecular formula is C13H25N3O2. The van der Waals surface area contributed by atoms with Gasteiger partial charge < -0.3 is 16.0 Å². The summed E-state index contributed by atoms with van der Waals surface area (Å²) in [6, 6.07) is 0. The standard InChI is InChI=1S/C13H25N3O2/c1-3-5-13(6-8-15-9-7-13)12(18)16(4-2)10-11(14)17/h15H,3-10H2,1-2H3,(H2,14,17). The number of nitrogens with zero attached hydrogens (tertiary/aromatic N) is 1. The van der Waals surface area contributed by atoms with Crippen molar-refractivity contribution in [1.82, 2.24) is 10.2 Å². The van der Waals surface area contributed by atoms with Gasteiger partial charge in [-0.25, -0.2) is 0 Å². The van der Waals surface area contributed by atoms with Gasteiger partial charge in [0.15, 0.2) is 0 Å². The second-order valence-corrected chi connectivity index (χ2v) is 5.07. The number of piperidine rings is 1. The van der Waals surface area contributed by atoms with Crippen molar-refractivity contribution in [2.24, 2.45) is 11.1 Å². The van der Waals surface area contributed by atoms with Crippen LogP contribution in [0.4, 0.5) is 0 Å². The SMILES string of the molecule is CCCC1(C(=O)N(CC)CC(N)=O)CCNCC1. The summed E-state index contributed by atoms with van der Waals surface area (Å²) < 4.78 is 0. The lowest BCUT2D eigenvalue weighted by Crippen LogP contribution is -2.51. The monoisotopic (exact) mass is 255 g/mol. The maximum absolute atomic E-state index is 12.7. The minimum Gasteiger partial charge on any atom is -0.368 e. The third-order valence-corrected chi connectivity index (χ3v) is 3.76. The Morgan fingerprint density at radius 3 is 2.33 bits per heavy atom. The normalized spacial score (nSPS) is 18.3. The molecule has 1 heterocycles. The Balaban J connectivity index is 2.82. The van der Waals surface area contributed by atoms with Gasteiger partial charge in [0.2, 0.25) is 11.8 Å². The molecule has 1 aliphatic heterocycles. The smallest absolute Gasteiger partial charge is 0.237 e. The fraction of sp³-hybridized carbons (Fsp3) is 0.846. The first-order valence-corrected chi connectivity index (χ1v) is 6.84. The number of carbonyl (C=O) groups is 2. The summed E-state index contributed by atoms with van der Waals surface area (Å²) in [5, 5.41) is 3.29. The predicted octanol–water partition coefficient (Wildman–Crippen LogP) is 0.490. The lowest BCUT2D eigenvalue weighted by Gasteiger charge is -2.39. The summed E-state index contributed by atoms with van der Waals surface area (Å²) in [7, 11) is 0. The van der Waals surface area contributed by atoms with Gasteiger partial charge in [-0.15, -0.1) is 0 Å². The Morgan fingerprint density at radius 2 is 1.89 bits per heavy atom. The van der Waals surface area contributed by atoms with Crippen LogP contribution in [-0.2, 0) is 9.59 Å². The lowest BCUT2D eigenvalue weighted by atomic mass is 9.74. The molecule has 18 heavy (non-hydrogen) atoms. The van der Waals surface area contributed by atoms with Crippen LogP contribution in [0, 0.1) is 5.41 Å². The number of nitrogens with one attached hydrogen (secondary N) is 1. The van der Waals surface area contributed by atoms with Crippen LogP contribution in [0.5, 0.6) is 0 Å². The minimum absolute atomic E-state index is 0.0359. The summed E-state index contributed by atoms with van der Waals surface area (Å²) in [5.41, 5.74) is 4.92. The molecular weight excluding hydrogens is 230 g/mol. The zero-order valence-corrected chi connectivity index (χ0v) is 11.5. The average Bonchev–Trinajstić information content (AvgIpc) is 2.36. The number of carbonyl (C=O) groups excluding carboxylic acids is 2. The molecule has 0 aromatic heterocycles. The molecule has 1 fully saturated rings. The first kappa shape index (κ1) is 15.0. The van der Waals surface area contributed by atoms with Crippen LogP contribution in [0.25, 0.3) is 0 Å². The van der Waals surface area contributed by atoms with Gasteiger partial charge in [0, 0.05) is 6.54 Å². The van der Waals surface area contributed by atoms with Gasteiger partial charge in [0.25, 0.3) is 0 Å². The molecule has 2 amide bonds. The summed E-state index contributed by atoms with van der Waals surface area (Å²) in [6.45, 7) is 6.32. The van der Waals surface area contributed by atoms with E-state index in [0.29, 0.717) is 6.54 Å². The molecule has 0 atom stereocenters. The van der Waals surface area contributed by atoms with E-state index in [1.54, 1.807) is 4.90 Å². The van der Waals surface area contributed by atoms with Crippen LogP contribution in [0.3, 0.4) is 0 Å². The number of likely N-dealkylation sites (N-methyl/N-ethyl adjacent to an activating group) is 1. The highest BCUT2D eigenvalue weighted by Gasteiger charge is 2.40. The van der Waals surface area contributed by atoms with Crippen molar-refractivity contribution in [3.63, 3.8) is 0 Å². The Labute approximate surface area is 109 Å². The fourth-order valence-electron chi connectivity index (χ4n) is 2.81. The molecule has 5 heteroatoms. The maximum Gasteiger partial charge on any atom is 0.237 e. The van der Waals surface area contributed by atoms with Crippen LogP contribution < -0.4 is 11.1 Å². The van der Waals surface area contributed by atoms with Gasteiger partial charge >= 0.3 is 0 Å². The van der Waals surface area contributed by atoms with Crippen LogP contribution in [0.2, 0.25) is 0 Å². The molecule has 1 saturated heterocycles. The molecule has 1 rings (SSSR count). The zero-order chi connectivity index (χ0) is 13.6. The highest BCUT2D eigenvalue weighted by molar-refractivity contribution is 5.87. The maximum atomic E-state index is 12.7. The Kier molecular flexibility index (Phi) is 5.59. The number of primary amides is 1. The molecule has 5 nitrogen and oxygen atoms in total. The van der Waals surface area contributed by atoms with Gasteiger partial charge in [-0.05, 0) is 39.3 Å². The van der Waals surface area contributed by atoms with E-state index in [4.69, 9.17) is 5.73 Å². The predicted molar refractivity (Wildman–Crippen MR) is 70.9 cm³/mol. The highest BCUT2D eigenvalue weighted by Crippen LogP contribution is 2.36. The zero-order valence-electron chi connectivity index (χ0n) is 11.5. The topological polar surface area (TPSA) is 75.4 Å². The largest absolute Gasteiger partial charge is 0.368 e. The van der Waals surface area contributed by atoms with Gasteiger partial charge in [-0.1, -0.05) is 13.3 Å². The third-order valence-electron chi connectivity index (χ3n) is 3.76. The molecule has 0 bridgehead atoms. The Bertz CT molecular complexity index is 293. The van der Waals surface area contributed by atoms with E-state index in [1.807, 2.05) is 6.92 Å². The lowest BCUT2D eigenvalue weighted by molar-refractivity contribution is -0.146. The van der Waals surface area contributed by atoms with E-state index in [1.165, 1.54) is 0 Å². The molecule has 0 aromatic carbocycles. The van der Waals surface area contributed by atoms with Gasteiger partial charge in [0.05, 0.1) is 12.0 Å². The molecule has 0 spiro atoms. The van der Waals surface area contributed by atoms with Crippen LogP contribution in [0.15, 0.2) is 0 Å². The molecule has 0 unspecified atom stereocenters. The number of hydrogen-bond donors (Lipinski definition) is 2. The van der Waals surface area contributed by atoms with Crippen LogP contribution in [-0.4, -0.2) is 42.9 Å². The highest BCUT2D eigenvalue weighted by atomic mass is 16.2. The first-order chi connectivity index (χ1) is 8.55.